The molecule has 1 amide bonds. The number of halogens is 1. The third kappa shape index (κ3) is 4.24. The lowest BCUT2D eigenvalue weighted by atomic mass is 10.1. The molecule has 2 heterocycles. The van der Waals surface area contributed by atoms with Gasteiger partial charge in [-0.1, -0.05) is 0 Å². The van der Waals surface area contributed by atoms with E-state index >= 15 is 0 Å². The molecule has 0 saturated carbocycles. The Labute approximate surface area is 201 Å². The number of hydrogen-bond acceptors (Lipinski definition) is 4. The van der Waals surface area contributed by atoms with E-state index in [0.717, 1.165) is 34.4 Å². The molecule has 176 valence electrons. The van der Waals surface area contributed by atoms with E-state index in [1.165, 1.54) is 18.1 Å². The van der Waals surface area contributed by atoms with E-state index in [1.807, 2.05) is 47.0 Å². The molecule has 35 heavy (non-hydrogen) atoms. The highest BCUT2D eigenvalue weighted by Crippen LogP contribution is 2.35. The minimum absolute atomic E-state index is 0.0410. The maximum Gasteiger partial charge on any atom is 0.407 e. The van der Waals surface area contributed by atoms with E-state index in [1.54, 1.807) is 18.2 Å². The highest BCUT2D eigenvalue weighted by molar-refractivity contribution is 5.91. The van der Waals surface area contributed by atoms with E-state index in [9.17, 15) is 19.6 Å². The first-order chi connectivity index (χ1) is 17.0. The molecule has 1 aliphatic heterocycles. The number of aromatic nitrogens is 1. The molecule has 1 atom stereocenters. The van der Waals surface area contributed by atoms with Gasteiger partial charge in [-0.15, -0.1) is 0 Å². The Bertz CT molecular complexity index is 1460. The summed E-state index contributed by atoms with van der Waals surface area (Å²) in [5, 5.41) is 22.8. The minimum atomic E-state index is -0.902. The van der Waals surface area contributed by atoms with Crippen molar-refractivity contribution in [2.45, 2.75) is 12.5 Å². The predicted octanol–water partition coefficient (Wildman–Crippen LogP) is 5.48. The number of carboxylic acid groups (broad SMARTS) is 1. The molecule has 0 spiro atoms. The third-order valence-corrected chi connectivity index (χ3v) is 6.33. The Morgan fingerprint density at radius 3 is 2.60 bits per heavy atom. The fourth-order valence-corrected chi connectivity index (χ4v) is 4.59. The molecule has 3 aromatic carbocycles. The van der Waals surface area contributed by atoms with Crippen LogP contribution in [0.4, 0.5) is 14.9 Å². The summed E-state index contributed by atoms with van der Waals surface area (Å²) in [7, 11) is 1.43. The van der Waals surface area contributed by atoms with Gasteiger partial charge in [-0.3, -0.25) is 0 Å². The van der Waals surface area contributed by atoms with Crippen molar-refractivity contribution in [2.24, 2.45) is 0 Å². The molecule has 0 aliphatic carbocycles. The number of nitrogens with zero attached hydrogens (tertiary/aromatic N) is 3. The summed E-state index contributed by atoms with van der Waals surface area (Å²) in [4.78, 5) is 12.6. The van der Waals surface area contributed by atoms with Crippen molar-refractivity contribution < 1.29 is 19.0 Å². The van der Waals surface area contributed by atoms with E-state index < -0.39 is 11.9 Å². The number of nitriles is 1. The monoisotopic (exact) mass is 470 g/mol. The second-order valence-corrected chi connectivity index (χ2v) is 8.51. The molecule has 2 N–H and O–H groups in total. The van der Waals surface area contributed by atoms with Gasteiger partial charge in [-0.05, 0) is 73.2 Å². The number of fused-ring (bicyclic) bond motifs is 1. The number of methoxy groups -OCH3 is 1. The van der Waals surface area contributed by atoms with Crippen LogP contribution in [-0.4, -0.2) is 46.9 Å². The molecule has 1 aliphatic rings. The van der Waals surface area contributed by atoms with Gasteiger partial charge in [-0.2, -0.15) is 5.26 Å². The number of hydrogen-bond donors (Lipinski definition) is 2. The number of nitrogens with one attached hydrogen (secondary N) is 1. The number of carbonyl (C=O) groups is 1. The number of rotatable bonds is 5. The van der Waals surface area contributed by atoms with Gasteiger partial charge < -0.3 is 24.6 Å². The summed E-state index contributed by atoms with van der Waals surface area (Å²) in [6.45, 7) is 0.952. The lowest BCUT2D eigenvalue weighted by molar-refractivity contribution is 0.155. The molecule has 8 heteroatoms. The zero-order valence-electron chi connectivity index (χ0n) is 19.0. The molecule has 4 aromatic rings. The summed E-state index contributed by atoms with van der Waals surface area (Å²) in [6.07, 6.45) is -0.159. The van der Waals surface area contributed by atoms with Gasteiger partial charge >= 0.3 is 6.09 Å². The quantitative estimate of drug-likeness (QED) is 0.403. The van der Waals surface area contributed by atoms with E-state index in [0.29, 0.717) is 24.2 Å². The van der Waals surface area contributed by atoms with Crippen molar-refractivity contribution in [3.8, 4) is 28.8 Å². The number of amides is 1. The van der Waals surface area contributed by atoms with E-state index in [4.69, 9.17) is 4.74 Å². The van der Waals surface area contributed by atoms with Crippen LogP contribution in [0.15, 0.2) is 66.7 Å². The van der Waals surface area contributed by atoms with E-state index in [-0.39, 0.29) is 11.8 Å². The van der Waals surface area contributed by atoms with Gasteiger partial charge in [-0.25, -0.2) is 9.18 Å². The zero-order chi connectivity index (χ0) is 24.5. The summed E-state index contributed by atoms with van der Waals surface area (Å²) >= 11 is 0. The third-order valence-electron chi connectivity index (χ3n) is 6.33. The molecule has 1 aromatic heterocycles. The number of benzene rings is 3. The van der Waals surface area contributed by atoms with Gasteiger partial charge in [0.1, 0.15) is 0 Å². The van der Waals surface area contributed by atoms with E-state index in [2.05, 4.69) is 11.4 Å². The summed E-state index contributed by atoms with van der Waals surface area (Å²) < 4.78 is 21.7. The van der Waals surface area contributed by atoms with Crippen molar-refractivity contribution in [3.63, 3.8) is 0 Å². The molecule has 7 nitrogen and oxygen atoms in total. The average molecular weight is 471 g/mol. The van der Waals surface area contributed by atoms with Crippen LogP contribution in [-0.2, 0) is 0 Å². The van der Waals surface area contributed by atoms with Gasteiger partial charge in [0.2, 0.25) is 0 Å². The fraction of sp³-hybridized carbons (Fsp3) is 0.185. The standard InChI is InChI=1S/C27H23FN4O3/c1-35-26-9-4-18(13-23(26)28)25-14-19-12-20(30-21-10-11-31(16-21)27(33)34)5-8-24(19)32(25)22-6-2-17(15-29)3-7-22/h2-9,12-14,21,30H,10-11,16H2,1H3,(H,33,34). The SMILES string of the molecule is COc1ccc(-c2cc3cc(NC4CCN(C(=O)O)C4)ccc3n2-c2ccc(C#N)cc2)cc1F. The van der Waals surface area contributed by atoms with Crippen LogP contribution < -0.4 is 10.1 Å². The molecule has 1 saturated heterocycles. The number of ether oxygens (including phenoxy) is 1. The van der Waals surface area contributed by atoms with Crippen LogP contribution in [0.1, 0.15) is 12.0 Å². The highest BCUT2D eigenvalue weighted by atomic mass is 19.1. The number of likely N-dealkylation sites (tertiary alicyclic amines) is 1. The van der Waals surface area contributed by atoms with Gasteiger partial charge in [0.25, 0.3) is 0 Å². The molecule has 0 radical (unpaired) electrons. The zero-order valence-corrected chi connectivity index (χ0v) is 19.0. The van der Waals surface area contributed by atoms with Crippen molar-refractivity contribution in [1.82, 2.24) is 9.47 Å². The Kier molecular flexibility index (Phi) is 5.75. The van der Waals surface area contributed by atoms with Crippen molar-refractivity contribution in [2.75, 3.05) is 25.5 Å². The first-order valence-corrected chi connectivity index (χ1v) is 11.2. The maximum absolute atomic E-state index is 14.6. The Morgan fingerprint density at radius 1 is 1.14 bits per heavy atom. The predicted molar refractivity (Wildman–Crippen MR) is 132 cm³/mol. The van der Waals surface area contributed by atoms with Crippen LogP contribution in [0.2, 0.25) is 0 Å². The summed E-state index contributed by atoms with van der Waals surface area (Å²) in [6, 6.07) is 22.3. The topological polar surface area (TPSA) is 90.5 Å². The molecule has 1 unspecified atom stereocenters. The van der Waals surface area contributed by atoms with Crippen LogP contribution in [0.5, 0.6) is 5.75 Å². The average Bonchev–Trinajstić information content (AvgIpc) is 3.49. The van der Waals surface area contributed by atoms with Gasteiger partial charge in [0.15, 0.2) is 11.6 Å². The Morgan fingerprint density at radius 2 is 1.94 bits per heavy atom. The Hall–Kier alpha value is -4.51. The lowest BCUT2D eigenvalue weighted by Crippen LogP contribution is -2.30. The Balaban J connectivity index is 1.58. The smallest absolute Gasteiger partial charge is 0.407 e. The molecule has 1 fully saturated rings. The van der Waals surface area contributed by atoms with Gasteiger partial charge in [0.05, 0.1) is 30.0 Å². The van der Waals surface area contributed by atoms with Gasteiger partial charge in [0, 0.05) is 41.5 Å². The van der Waals surface area contributed by atoms with Crippen LogP contribution in [0, 0.1) is 17.1 Å². The highest BCUT2D eigenvalue weighted by Gasteiger charge is 2.26. The first-order valence-electron chi connectivity index (χ1n) is 11.2. The maximum atomic E-state index is 14.6. The molecular formula is C27H23FN4O3. The number of anilines is 1. The second-order valence-electron chi connectivity index (χ2n) is 8.51. The van der Waals surface area contributed by atoms with Crippen LogP contribution in [0.25, 0.3) is 27.8 Å². The van der Waals surface area contributed by atoms with Crippen LogP contribution in [0.3, 0.4) is 0 Å². The molecular weight excluding hydrogens is 447 g/mol. The lowest BCUT2D eigenvalue weighted by Gasteiger charge is -2.15. The van der Waals surface area contributed by atoms with Crippen molar-refractivity contribution in [1.29, 1.82) is 5.26 Å². The fourth-order valence-electron chi connectivity index (χ4n) is 4.59. The summed E-state index contributed by atoms with van der Waals surface area (Å²) in [5.74, 6) is -0.276. The second kappa shape index (κ2) is 9.03. The van der Waals surface area contributed by atoms with Crippen LogP contribution >= 0.6 is 0 Å². The minimum Gasteiger partial charge on any atom is -0.494 e. The summed E-state index contributed by atoms with van der Waals surface area (Å²) in [5.41, 5.74) is 4.69. The largest absolute Gasteiger partial charge is 0.494 e. The van der Waals surface area contributed by atoms with Crippen molar-refractivity contribution in [3.05, 3.63) is 78.1 Å². The molecule has 5 rings (SSSR count). The van der Waals surface area contributed by atoms with Crippen molar-refractivity contribution >= 4 is 22.7 Å². The molecule has 0 bridgehead atoms. The first kappa shape index (κ1) is 22.3. The normalized spacial score (nSPS) is 15.2.